The highest BCUT2D eigenvalue weighted by Crippen LogP contribution is 2.43. The Kier molecular flexibility index (Phi) is 4.57. The van der Waals surface area contributed by atoms with E-state index in [2.05, 4.69) is 10.0 Å². The molecule has 0 spiro atoms. The number of carbonyl (C=O) groups is 1. The number of rotatable bonds is 5. The fourth-order valence-corrected chi connectivity index (χ4v) is 6.75. The molecule has 26 heavy (non-hydrogen) atoms. The van der Waals surface area contributed by atoms with Crippen LogP contribution in [0.1, 0.15) is 36.1 Å². The first-order valence-corrected chi connectivity index (χ1v) is 11.1. The van der Waals surface area contributed by atoms with Crippen LogP contribution in [0.3, 0.4) is 0 Å². The number of thiophene rings is 1. The minimum Gasteiger partial charge on any atom is -0.327 e. The molecule has 2 fully saturated rings. The first-order chi connectivity index (χ1) is 12.2. The Balaban J connectivity index is 1.66. The molecule has 3 atom stereocenters. The van der Waals surface area contributed by atoms with Gasteiger partial charge in [0.05, 0.1) is 5.92 Å². The number of nitrogens with two attached hydrogens (primary N) is 1. The standard InChI is InChI=1S/C16H21F2N3O3S2/c17-7-3-9(4-7)21-26(23,24)14-11-5-8(19)1-2-13(11)25-16(14)20-15(22)10-6-12(10)18/h7-10,12,21H,1-6,19H2,(H,20,22)/t7?,8-,9?,10-,12-/m0/s1. The second-order valence-electron chi connectivity index (χ2n) is 7.40. The van der Waals surface area contributed by atoms with E-state index in [0.29, 0.717) is 18.4 Å². The van der Waals surface area contributed by atoms with Crippen LogP contribution in [0.5, 0.6) is 0 Å². The summed E-state index contributed by atoms with van der Waals surface area (Å²) in [5.74, 6) is -1.21. The second kappa shape index (κ2) is 6.50. The average Bonchev–Trinajstić information content (AvgIpc) is 3.14. The third kappa shape index (κ3) is 3.39. The molecule has 3 aliphatic rings. The Morgan fingerprint density at radius 3 is 2.54 bits per heavy atom. The van der Waals surface area contributed by atoms with Crippen molar-refractivity contribution in [3.8, 4) is 0 Å². The lowest BCUT2D eigenvalue weighted by Crippen LogP contribution is -2.45. The van der Waals surface area contributed by atoms with Crippen molar-refractivity contribution in [3.05, 3.63) is 10.4 Å². The van der Waals surface area contributed by atoms with Crippen molar-refractivity contribution < 1.29 is 22.0 Å². The molecule has 0 aliphatic heterocycles. The normalized spacial score (nSPS) is 33.3. The molecule has 1 heterocycles. The summed E-state index contributed by atoms with van der Waals surface area (Å²) in [5, 5.41) is 2.82. The van der Waals surface area contributed by atoms with Crippen molar-refractivity contribution in [2.45, 2.75) is 67.8 Å². The molecule has 0 aromatic carbocycles. The number of amides is 1. The first kappa shape index (κ1) is 18.3. The van der Waals surface area contributed by atoms with Gasteiger partial charge in [-0.3, -0.25) is 4.79 Å². The molecule has 3 aliphatic carbocycles. The number of nitrogens with one attached hydrogen (secondary N) is 2. The minimum absolute atomic E-state index is 0.0272. The number of anilines is 1. The van der Waals surface area contributed by atoms with E-state index in [9.17, 15) is 22.0 Å². The largest absolute Gasteiger partial charge is 0.327 e. The number of aryl methyl sites for hydroxylation is 1. The van der Waals surface area contributed by atoms with Gasteiger partial charge in [0.25, 0.3) is 0 Å². The van der Waals surface area contributed by atoms with E-state index in [1.54, 1.807) is 0 Å². The lowest BCUT2D eigenvalue weighted by atomic mass is 9.92. The number of sulfonamides is 1. The maximum atomic E-state index is 13.2. The molecule has 4 N–H and O–H groups in total. The molecule has 1 amide bonds. The van der Waals surface area contributed by atoms with E-state index in [1.165, 1.54) is 11.3 Å². The molecule has 6 nitrogen and oxygen atoms in total. The van der Waals surface area contributed by atoms with Crippen molar-refractivity contribution >= 4 is 32.3 Å². The highest BCUT2D eigenvalue weighted by molar-refractivity contribution is 7.90. The number of halogens is 2. The van der Waals surface area contributed by atoms with Crippen LogP contribution in [-0.2, 0) is 27.7 Å². The molecular formula is C16H21F2N3O3S2. The molecule has 144 valence electrons. The molecule has 0 saturated heterocycles. The van der Waals surface area contributed by atoms with Gasteiger partial charge in [-0.2, -0.15) is 0 Å². The van der Waals surface area contributed by atoms with Gasteiger partial charge in [-0.05, 0) is 44.1 Å². The summed E-state index contributed by atoms with van der Waals surface area (Å²) < 4.78 is 54.6. The maximum Gasteiger partial charge on any atom is 0.244 e. The zero-order valence-electron chi connectivity index (χ0n) is 14.0. The van der Waals surface area contributed by atoms with E-state index in [4.69, 9.17) is 5.73 Å². The molecule has 0 unspecified atom stereocenters. The third-order valence-corrected chi connectivity index (χ3v) is 8.18. The van der Waals surface area contributed by atoms with Crippen molar-refractivity contribution in [3.63, 3.8) is 0 Å². The summed E-state index contributed by atoms with van der Waals surface area (Å²) in [4.78, 5) is 13.0. The quantitative estimate of drug-likeness (QED) is 0.693. The van der Waals surface area contributed by atoms with E-state index in [0.717, 1.165) is 11.3 Å². The van der Waals surface area contributed by atoms with Gasteiger partial charge in [0.1, 0.15) is 22.2 Å². The molecule has 1 aromatic heterocycles. The lowest BCUT2D eigenvalue weighted by molar-refractivity contribution is -0.117. The van der Waals surface area contributed by atoms with Crippen LogP contribution in [0, 0.1) is 5.92 Å². The second-order valence-corrected chi connectivity index (χ2v) is 10.2. The fourth-order valence-electron chi connectivity index (χ4n) is 3.51. The highest BCUT2D eigenvalue weighted by Gasteiger charge is 2.45. The fraction of sp³-hybridized carbons (Fsp3) is 0.688. The lowest BCUT2D eigenvalue weighted by Gasteiger charge is -2.30. The summed E-state index contributed by atoms with van der Waals surface area (Å²) in [5.41, 5.74) is 6.63. The molecule has 4 rings (SSSR count). The van der Waals surface area contributed by atoms with Gasteiger partial charge >= 0.3 is 0 Å². The highest BCUT2D eigenvalue weighted by atomic mass is 32.2. The predicted octanol–water partition coefficient (Wildman–Crippen LogP) is 1.64. The SMILES string of the molecule is N[C@H]1CCc2sc(NC(=O)[C@H]3C[C@@H]3F)c(S(=O)(=O)NC3CC(F)C3)c2C1. The van der Waals surface area contributed by atoms with E-state index < -0.39 is 40.2 Å². The molecule has 0 bridgehead atoms. The van der Waals surface area contributed by atoms with Crippen molar-refractivity contribution in [2.24, 2.45) is 11.7 Å². The van der Waals surface area contributed by atoms with Crippen LogP contribution in [0.2, 0.25) is 0 Å². The summed E-state index contributed by atoms with van der Waals surface area (Å²) >= 11 is 1.22. The van der Waals surface area contributed by atoms with Gasteiger partial charge in [0.15, 0.2) is 0 Å². The third-order valence-electron chi connectivity index (χ3n) is 5.21. The van der Waals surface area contributed by atoms with Crippen LogP contribution in [0.4, 0.5) is 13.8 Å². The zero-order valence-corrected chi connectivity index (χ0v) is 15.6. The van der Waals surface area contributed by atoms with E-state index in [1.807, 2.05) is 0 Å². The van der Waals surface area contributed by atoms with Gasteiger partial charge in [0, 0.05) is 17.0 Å². The predicted molar refractivity (Wildman–Crippen MR) is 94.2 cm³/mol. The van der Waals surface area contributed by atoms with Crippen molar-refractivity contribution in [1.29, 1.82) is 0 Å². The number of carbonyl (C=O) groups excluding carboxylic acids is 1. The summed E-state index contributed by atoms with van der Waals surface area (Å²) in [7, 11) is -3.93. The van der Waals surface area contributed by atoms with Crippen LogP contribution in [-0.4, -0.2) is 38.8 Å². The summed E-state index contributed by atoms with van der Waals surface area (Å²) in [6, 6.07) is -0.586. The monoisotopic (exact) mass is 405 g/mol. The Hall–Kier alpha value is -1.10. The topological polar surface area (TPSA) is 101 Å². The van der Waals surface area contributed by atoms with Crippen LogP contribution >= 0.6 is 11.3 Å². The molecule has 2 saturated carbocycles. The number of fused-ring (bicyclic) bond motifs is 1. The van der Waals surface area contributed by atoms with Crippen LogP contribution in [0.25, 0.3) is 0 Å². The van der Waals surface area contributed by atoms with Gasteiger partial charge in [-0.1, -0.05) is 0 Å². The molecule has 1 aromatic rings. The van der Waals surface area contributed by atoms with E-state index in [-0.39, 0.29) is 35.2 Å². The van der Waals surface area contributed by atoms with Gasteiger partial charge in [-0.25, -0.2) is 21.9 Å². The van der Waals surface area contributed by atoms with Gasteiger partial charge in [0.2, 0.25) is 15.9 Å². The first-order valence-electron chi connectivity index (χ1n) is 8.76. The summed E-state index contributed by atoms with van der Waals surface area (Å²) in [6.07, 6.45) is 0.123. The van der Waals surface area contributed by atoms with Crippen LogP contribution < -0.4 is 15.8 Å². The van der Waals surface area contributed by atoms with Gasteiger partial charge in [-0.15, -0.1) is 11.3 Å². The molecular weight excluding hydrogens is 384 g/mol. The zero-order chi connectivity index (χ0) is 18.6. The Morgan fingerprint density at radius 2 is 1.92 bits per heavy atom. The Morgan fingerprint density at radius 1 is 1.23 bits per heavy atom. The molecule has 0 radical (unpaired) electrons. The van der Waals surface area contributed by atoms with Crippen molar-refractivity contribution in [1.82, 2.24) is 4.72 Å². The molecule has 10 heteroatoms. The smallest absolute Gasteiger partial charge is 0.244 e. The maximum absolute atomic E-state index is 13.2. The van der Waals surface area contributed by atoms with Gasteiger partial charge < -0.3 is 11.1 Å². The Bertz CT molecular complexity index is 836. The van der Waals surface area contributed by atoms with Crippen LogP contribution in [0.15, 0.2) is 4.90 Å². The number of alkyl halides is 2. The Labute approximate surface area is 154 Å². The number of hydrogen-bond donors (Lipinski definition) is 3. The average molecular weight is 405 g/mol. The summed E-state index contributed by atoms with van der Waals surface area (Å²) in [6.45, 7) is 0. The number of hydrogen-bond acceptors (Lipinski definition) is 5. The van der Waals surface area contributed by atoms with Crippen molar-refractivity contribution in [2.75, 3.05) is 5.32 Å². The van der Waals surface area contributed by atoms with E-state index >= 15 is 0 Å². The minimum atomic E-state index is -3.93.